The smallest absolute Gasteiger partial charge is 0.337 e. The SMILES string of the molecule is COC(=O)c1ccc([C@@H]2C[C@@H](CCCN[C@H](C)c3ccc(F)c4ccccc34)Oc3ccccc32)c(C)c1. The van der Waals surface area contributed by atoms with Crippen LogP contribution >= 0.6 is 0 Å². The van der Waals surface area contributed by atoms with Gasteiger partial charge in [-0.25, -0.2) is 9.18 Å². The molecule has 1 aliphatic heterocycles. The molecule has 1 heterocycles. The summed E-state index contributed by atoms with van der Waals surface area (Å²) in [6, 6.07) is 25.3. The molecule has 0 bridgehead atoms. The number of nitrogens with one attached hydrogen (secondary N) is 1. The normalized spacial score (nSPS) is 17.5. The van der Waals surface area contributed by atoms with Gasteiger partial charge in [-0.2, -0.15) is 0 Å². The number of ether oxygens (including phenoxy) is 2. The third kappa shape index (κ3) is 5.30. The molecule has 38 heavy (non-hydrogen) atoms. The molecule has 0 amide bonds. The Bertz CT molecular complexity index is 1450. The quantitative estimate of drug-likeness (QED) is 0.197. The average Bonchev–Trinajstić information content (AvgIpc) is 2.94. The number of esters is 1. The summed E-state index contributed by atoms with van der Waals surface area (Å²) in [4.78, 5) is 12.0. The lowest BCUT2D eigenvalue weighted by atomic mass is 9.81. The van der Waals surface area contributed by atoms with Crippen molar-refractivity contribution in [3.05, 3.63) is 112 Å². The van der Waals surface area contributed by atoms with Crippen LogP contribution in [-0.4, -0.2) is 25.7 Å². The van der Waals surface area contributed by atoms with Gasteiger partial charge in [0.1, 0.15) is 11.6 Å². The molecule has 4 aromatic rings. The highest BCUT2D eigenvalue weighted by molar-refractivity contribution is 5.89. The number of aryl methyl sites for hydroxylation is 1. The summed E-state index contributed by atoms with van der Waals surface area (Å²) in [7, 11) is 1.41. The highest BCUT2D eigenvalue weighted by Gasteiger charge is 2.30. The predicted octanol–water partition coefficient (Wildman–Crippen LogP) is 7.49. The summed E-state index contributed by atoms with van der Waals surface area (Å²) in [6.07, 6.45) is 2.86. The number of halogens is 1. The number of carbonyl (C=O) groups excluding carboxylic acids is 1. The zero-order valence-corrected chi connectivity index (χ0v) is 22.2. The number of fused-ring (bicyclic) bond motifs is 2. The summed E-state index contributed by atoms with van der Waals surface area (Å²) in [5.41, 5.74) is 5.16. The second-order valence-electron chi connectivity index (χ2n) is 10.1. The summed E-state index contributed by atoms with van der Waals surface area (Å²) < 4.78 is 25.6. The Kier molecular flexibility index (Phi) is 7.75. The molecule has 0 aliphatic carbocycles. The molecule has 0 spiro atoms. The zero-order valence-electron chi connectivity index (χ0n) is 22.2. The van der Waals surface area contributed by atoms with Crippen molar-refractivity contribution in [2.45, 2.75) is 51.2 Å². The highest BCUT2D eigenvalue weighted by Crippen LogP contribution is 2.42. The Morgan fingerprint density at radius 3 is 2.58 bits per heavy atom. The molecule has 3 atom stereocenters. The molecular weight excluding hydrogens is 477 g/mol. The molecule has 4 nitrogen and oxygen atoms in total. The van der Waals surface area contributed by atoms with Crippen molar-refractivity contribution in [1.29, 1.82) is 0 Å². The van der Waals surface area contributed by atoms with Crippen molar-refractivity contribution in [2.24, 2.45) is 0 Å². The van der Waals surface area contributed by atoms with Crippen LogP contribution in [0.4, 0.5) is 4.39 Å². The first-order chi connectivity index (χ1) is 18.5. The van der Waals surface area contributed by atoms with E-state index in [9.17, 15) is 9.18 Å². The minimum atomic E-state index is -0.319. The van der Waals surface area contributed by atoms with Crippen LogP contribution in [-0.2, 0) is 4.74 Å². The van der Waals surface area contributed by atoms with Gasteiger partial charge in [-0.15, -0.1) is 0 Å². The fourth-order valence-electron chi connectivity index (χ4n) is 5.70. The second kappa shape index (κ2) is 11.4. The van der Waals surface area contributed by atoms with Crippen molar-refractivity contribution in [3.8, 4) is 5.75 Å². The molecule has 0 radical (unpaired) electrons. The topological polar surface area (TPSA) is 47.6 Å². The minimum absolute atomic E-state index is 0.0957. The maximum absolute atomic E-state index is 14.2. The minimum Gasteiger partial charge on any atom is -0.490 e. The van der Waals surface area contributed by atoms with Gasteiger partial charge in [0.05, 0.1) is 18.8 Å². The van der Waals surface area contributed by atoms with Gasteiger partial charge in [0.2, 0.25) is 0 Å². The largest absolute Gasteiger partial charge is 0.490 e. The lowest BCUT2D eigenvalue weighted by Crippen LogP contribution is -2.28. The number of para-hydroxylation sites is 1. The number of rotatable bonds is 8. The van der Waals surface area contributed by atoms with Crippen molar-refractivity contribution in [2.75, 3.05) is 13.7 Å². The first-order valence-corrected chi connectivity index (χ1v) is 13.3. The summed E-state index contributed by atoms with van der Waals surface area (Å²) in [6.45, 7) is 5.02. The summed E-state index contributed by atoms with van der Waals surface area (Å²) in [5.74, 6) is 0.634. The van der Waals surface area contributed by atoms with Crippen LogP contribution in [0.2, 0.25) is 0 Å². The number of hydrogen-bond donors (Lipinski definition) is 1. The molecule has 5 heteroatoms. The van der Waals surface area contributed by atoms with Crippen LogP contribution in [0, 0.1) is 12.7 Å². The maximum atomic E-state index is 14.2. The number of methoxy groups -OCH3 is 1. The van der Waals surface area contributed by atoms with Crippen LogP contribution in [0.15, 0.2) is 78.9 Å². The van der Waals surface area contributed by atoms with Crippen LogP contribution < -0.4 is 10.1 Å². The van der Waals surface area contributed by atoms with Crippen molar-refractivity contribution in [1.82, 2.24) is 5.32 Å². The van der Waals surface area contributed by atoms with Crippen molar-refractivity contribution in [3.63, 3.8) is 0 Å². The van der Waals surface area contributed by atoms with Gasteiger partial charge in [0, 0.05) is 22.9 Å². The third-order valence-corrected chi connectivity index (χ3v) is 7.68. The van der Waals surface area contributed by atoms with Gasteiger partial charge in [0.15, 0.2) is 0 Å². The Morgan fingerprint density at radius 2 is 1.79 bits per heavy atom. The Labute approximate surface area is 223 Å². The van der Waals surface area contributed by atoms with E-state index in [0.717, 1.165) is 48.1 Å². The van der Waals surface area contributed by atoms with Gasteiger partial charge in [0.25, 0.3) is 0 Å². The van der Waals surface area contributed by atoms with E-state index in [1.807, 2.05) is 54.6 Å². The predicted molar refractivity (Wildman–Crippen MR) is 149 cm³/mol. The highest BCUT2D eigenvalue weighted by atomic mass is 19.1. The first kappa shape index (κ1) is 25.9. The van der Waals surface area contributed by atoms with Gasteiger partial charge in [-0.3, -0.25) is 0 Å². The van der Waals surface area contributed by atoms with Crippen LogP contribution in [0.25, 0.3) is 10.8 Å². The second-order valence-corrected chi connectivity index (χ2v) is 10.1. The zero-order chi connectivity index (χ0) is 26.6. The first-order valence-electron chi connectivity index (χ1n) is 13.3. The van der Waals surface area contributed by atoms with Crippen LogP contribution in [0.3, 0.4) is 0 Å². The molecular formula is C33H34FNO3. The molecule has 0 saturated carbocycles. The lowest BCUT2D eigenvalue weighted by Gasteiger charge is -2.33. The molecule has 4 aromatic carbocycles. The van der Waals surface area contributed by atoms with E-state index in [4.69, 9.17) is 9.47 Å². The van der Waals surface area contributed by atoms with E-state index in [1.54, 1.807) is 6.07 Å². The van der Waals surface area contributed by atoms with Crippen LogP contribution in [0.1, 0.15) is 70.8 Å². The molecule has 0 unspecified atom stereocenters. The summed E-state index contributed by atoms with van der Waals surface area (Å²) >= 11 is 0. The average molecular weight is 512 g/mol. The molecule has 1 N–H and O–H groups in total. The van der Waals surface area contributed by atoms with E-state index < -0.39 is 0 Å². The van der Waals surface area contributed by atoms with Gasteiger partial charge in [-0.05, 0) is 86.0 Å². The van der Waals surface area contributed by atoms with Crippen molar-refractivity contribution >= 4 is 16.7 Å². The van der Waals surface area contributed by atoms with E-state index in [2.05, 4.69) is 37.4 Å². The monoisotopic (exact) mass is 511 g/mol. The number of hydrogen-bond acceptors (Lipinski definition) is 4. The molecule has 196 valence electrons. The van der Waals surface area contributed by atoms with E-state index >= 15 is 0 Å². The van der Waals surface area contributed by atoms with Crippen molar-refractivity contribution < 1.29 is 18.7 Å². The standard InChI is InChI=1S/C33H34FNO3/c1-21-19-23(33(36)37-3)14-15-25(21)30-20-24(38-32-13-7-6-12-29(30)32)9-8-18-35-22(2)26-16-17-31(34)28-11-5-4-10-27(26)28/h4-7,10-17,19,22,24,30,35H,8-9,18,20H2,1-3H3/t22-,24-,30+/m1/s1. The van der Waals surface area contributed by atoms with E-state index in [-0.39, 0.29) is 29.9 Å². The fourth-order valence-corrected chi connectivity index (χ4v) is 5.70. The van der Waals surface area contributed by atoms with Gasteiger partial charge in [-0.1, -0.05) is 54.6 Å². The Balaban J connectivity index is 1.25. The van der Waals surface area contributed by atoms with E-state index in [1.165, 1.54) is 18.2 Å². The van der Waals surface area contributed by atoms with Gasteiger partial charge >= 0.3 is 5.97 Å². The maximum Gasteiger partial charge on any atom is 0.337 e. The lowest BCUT2D eigenvalue weighted by molar-refractivity contribution is 0.0600. The fraction of sp³-hybridized carbons (Fsp3) is 0.303. The summed E-state index contributed by atoms with van der Waals surface area (Å²) in [5, 5.41) is 5.24. The van der Waals surface area contributed by atoms with E-state index in [0.29, 0.717) is 10.9 Å². The molecule has 1 aliphatic rings. The number of benzene rings is 4. The van der Waals surface area contributed by atoms with Gasteiger partial charge < -0.3 is 14.8 Å². The molecule has 5 rings (SSSR count). The Hall–Kier alpha value is -3.70. The molecule has 0 aromatic heterocycles. The number of carbonyl (C=O) groups is 1. The van der Waals surface area contributed by atoms with Crippen LogP contribution in [0.5, 0.6) is 5.75 Å². The molecule has 0 saturated heterocycles. The molecule has 0 fully saturated rings. The third-order valence-electron chi connectivity index (χ3n) is 7.68. The Morgan fingerprint density at radius 1 is 1.03 bits per heavy atom.